The van der Waals surface area contributed by atoms with Crippen molar-refractivity contribution in [3.8, 4) is 11.5 Å². The van der Waals surface area contributed by atoms with Gasteiger partial charge in [0.25, 0.3) is 5.91 Å². The van der Waals surface area contributed by atoms with Crippen LogP contribution in [0.1, 0.15) is 29.3 Å². The van der Waals surface area contributed by atoms with E-state index in [1.807, 2.05) is 6.92 Å². The third-order valence-electron chi connectivity index (χ3n) is 2.18. The SMILES string of the molecule is CCCc1ccc(O)c(O)c1C(=O)NOC. The molecule has 88 valence electrons. The van der Waals surface area contributed by atoms with E-state index in [4.69, 9.17) is 0 Å². The van der Waals surface area contributed by atoms with Gasteiger partial charge in [-0.3, -0.25) is 9.63 Å². The van der Waals surface area contributed by atoms with Crippen molar-refractivity contribution >= 4 is 5.91 Å². The molecule has 0 unspecified atom stereocenters. The summed E-state index contributed by atoms with van der Waals surface area (Å²) in [6.07, 6.45) is 1.47. The maximum absolute atomic E-state index is 11.6. The largest absolute Gasteiger partial charge is 0.504 e. The van der Waals surface area contributed by atoms with Gasteiger partial charge in [0, 0.05) is 0 Å². The Morgan fingerprint density at radius 3 is 2.69 bits per heavy atom. The molecular formula is C11H15NO4. The van der Waals surface area contributed by atoms with Crippen LogP contribution in [0.25, 0.3) is 0 Å². The minimum Gasteiger partial charge on any atom is -0.504 e. The van der Waals surface area contributed by atoms with Gasteiger partial charge in [-0.25, -0.2) is 5.48 Å². The third kappa shape index (κ3) is 2.43. The van der Waals surface area contributed by atoms with Crippen LogP contribution in [-0.4, -0.2) is 23.2 Å². The van der Waals surface area contributed by atoms with Crippen LogP contribution in [0.2, 0.25) is 0 Å². The molecule has 0 aromatic heterocycles. The zero-order valence-corrected chi connectivity index (χ0v) is 9.28. The molecule has 0 spiro atoms. The number of hydroxylamine groups is 1. The minimum absolute atomic E-state index is 0.0590. The molecule has 1 rings (SSSR count). The second kappa shape index (κ2) is 5.37. The monoisotopic (exact) mass is 225 g/mol. The second-order valence-corrected chi connectivity index (χ2v) is 3.35. The highest BCUT2D eigenvalue weighted by molar-refractivity contribution is 5.98. The molecule has 1 amide bonds. The van der Waals surface area contributed by atoms with Gasteiger partial charge in [0.15, 0.2) is 11.5 Å². The Labute approximate surface area is 93.6 Å². The first kappa shape index (κ1) is 12.3. The first-order valence-electron chi connectivity index (χ1n) is 4.99. The fraction of sp³-hybridized carbons (Fsp3) is 0.364. The molecule has 16 heavy (non-hydrogen) atoms. The minimum atomic E-state index is -0.570. The van der Waals surface area contributed by atoms with E-state index in [1.165, 1.54) is 13.2 Å². The van der Waals surface area contributed by atoms with Crippen molar-refractivity contribution in [3.05, 3.63) is 23.3 Å². The number of aromatic hydroxyl groups is 2. The molecule has 1 aromatic rings. The van der Waals surface area contributed by atoms with E-state index >= 15 is 0 Å². The van der Waals surface area contributed by atoms with Crippen molar-refractivity contribution in [2.45, 2.75) is 19.8 Å². The van der Waals surface area contributed by atoms with Crippen LogP contribution >= 0.6 is 0 Å². The van der Waals surface area contributed by atoms with Gasteiger partial charge in [-0.15, -0.1) is 0 Å². The Hall–Kier alpha value is -1.75. The molecule has 0 heterocycles. The van der Waals surface area contributed by atoms with Crippen molar-refractivity contribution in [2.24, 2.45) is 0 Å². The number of aryl methyl sites for hydroxylation is 1. The lowest BCUT2D eigenvalue weighted by molar-refractivity contribution is 0.0533. The first-order chi connectivity index (χ1) is 7.61. The zero-order valence-electron chi connectivity index (χ0n) is 9.28. The summed E-state index contributed by atoms with van der Waals surface area (Å²) in [5.41, 5.74) is 2.85. The molecule has 5 heteroatoms. The number of phenols is 2. The number of carbonyl (C=O) groups excluding carboxylic acids is 1. The molecular weight excluding hydrogens is 210 g/mol. The summed E-state index contributed by atoms with van der Waals surface area (Å²) < 4.78 is 0. The van der Waals surface area contributed by atoms with Gasteiger partial charge in [0.2, 0.25) is 0 Å². The van der Waals surface area contributed by atoms with E-state index in [2.05, 4.69) is 10.3 Å². The van der Waals surface area contributed by atoms with Crippen LogP contribution in [0, 0.1) is 0 Å². The molecule has 0 saturated carbocycles. The van der Waals surface area contributed by atoms with Crippen LogP contribution in [0.15, 0.2) is 12.1 Å². The normalized spacial score (nSPS) is 10.1. The van der Waals surface area contributed by atoms with E-state index in [9.17, 15) is 15.0 Å². The molecule has 0 fully saturated rings. The summed E-state index contributed by atoms with van der Waals surface area (Å²) in [7, 11) is 1.30. The second-order valence-electron chi connectivity index (χ2n) is 3.35. The predicted octanol–water partition coefficient (Wildman–Crippen LogP) is 1.34. The van der Waals surface area contributed by atoms with Gasteiger partial charge >= 0.3 is 0 Å². The number of nitrogens with one attached hydrogen (secondary N) is 1. The number of hydrogen-bond donors (Lipinski definition) is 3. The molecule has 3 N–H and O–H groups in total. The molecule has 0 radical (unpaired) electrons. The molecule has 1 aromatic carbocycles. The van der Waals surface area contributed by atoms with Gasteiger partial charge in [-0.1, -0.05) is 19.4 Å². The smallest absolute Gasteiger partial charge is 0.279 e. The van der Waals surface area contributed by atoms with E-state index in [-0.39, 0.29) is 11.3 Å². The van der Waals surface area contributed by atoms with Crippen LogP contribution in [0.5, 0.6) is 11.5 Å². The first-order valence-corrected chi connectivity index (χ1v) is 4.99. The van der Waals surface area contributed by atoms with Crippen LogP contribution in [-0.2, 0) is 11.3 Å². The van der Waals surface area contributed by atoms with Crippen LogP contribution in [0.4, 0.5) is 0 Å². The lowest BCUT2D eigenvalue weighted by Crippen LogP contribution is -2.23. The summed E-state index contributed by atoms with van der Waals surface area (Å²) >= 11 is 0. The zero-order chi connectivity index (χ0) is 12.1. The lowest BCUT2D eigenvalue weighted by atomic mass is 10.0. The molecule has 0 aliphatic rings. The Bertz CT molecular complexity index is 390. The van der Waals surface area contributed by atoms with Crippen molar-refractivity contribution in [1.29, 1.82) is 0 Å². The van der Waals surface area contributed by atoms with Gasteiger partial charge in [-0.2, -0.15) is 0 Å². The summed E-state index contributed by atoms with van der Waals surface area (Å²) in [5.74, 6) is -1.30. The molecule has 0 atom stereocenters. The van der Waals surface area contributed by atoms with E-state index in [0.717, 1.165) is 6.42 Å². The fourth-order valence-corrected chi connectivity index (χ4v) is 1.50. The number of phenolic OH excluding ortho intramolecular Hbond substituents is 2. The molecule has 0 aliphatic carbocycles. The molecule has 5 nitrogen and oxygen atoms in total. The molecule has 0 aliphatic heterocycles. The van der Waals surface area contributed by atoms with E-state index in [0.29, 0.717) is 12.0 Å². The fourth-order valence-electron chi connectivity index (χ4n) is 1.50. The van der Waals surface area contributed by atoms with E-state index < -0.39 is 11.7 Å². The predicted molar refractivity (Wildman–Crippen MR) is 58.2 cm³/mol. The Kier molecular flexibility index (Phi) is 4.13. The van der Waals surface area contributed by atoms with Gasteiger partial charge in [0.05, 0.1) is 12.7 Å². The van der Waals surface area contributed by atoms with Crippen molar-refractivity contribution in [3.63, 3.8) is 0 Å². The maximum atomic E-state index is 11.6. The lowest BCUT2D eigenvalue weighted by Gasteiger charge is -2.11. The standard InChI is InChI=1S/C11H15NO4/c1-3-4-7-5-6-8(13)10(14)9(7)11(15)12-16-2/h5-6,13-14H,3-4H2,1-2H3,(H,12,15). The van der Waals surface area contributed by atoms with Crippen molar-refractivity contribution in [1.82, 2.24) is 5.48 Å². The number of amides is 1. The Balaban J connectivity index is 3.20. The third-order valence-corrected chi connectivity index (χ3v) is 2.18. The number of hydrogen-bond acceptors (Lipinski definition) is 4. The highest BCUT2D eigenvalue weighted by Gasteiger charge is 2.18. The van der Waals surface area contributed by atoms with Gasteiger partial charge in [-0.05, 0) is 18.1 Å². The Morgan fingerprint density at radius 2 is 2.12 bits per heavy atom. The summed E-state index contributed by atoms with van der Waals surface area (Å²) in [4.78, 5) is 16.1. The van der Waals surface area contributed by atoms with Crippen LogP contribution in [0.3, 0.4) is 0 Å². The average molecular weight is 225 g/mol. The number of carbonyl (C=O) groups is 1. The molecule has 0 bridgehead atoms. The Morgan fingerprint density at radius 1 is 1.44 bits per heavy atom. The van der Waals surface area contributed by atoms with Crippen molar-refractivity contribution < 1.29 is 19.8 Å². The summed E-state index contributed by atoms with van der Waals surface area (Å²) in [5, 5.41) is 19.0. The van der Waals surface area contributed by atoms with E-state index in [1.54, 1.807) is 6.07 Å². The highest BCUT2D eigenvalue weighted by Crippen LogP contribution is 2.31. The van der Waals surface area contributed by atoms with Crippen LogP contribution < -0.4 is 5.48 Å². The average Bonchev–Trinajstić information content (AvgIpc) is 2.24. The van der Waals surface area contributed by atoms with Gasteiger partial charge in [0.1, 0.15) is 0 Å². The topological polar surface area (TPSA) is 78.8 Å². The number of rotatable bonds is 4. The van der Waals surface area contributed by atoms with Gasteiger partial charge < -0.3 is 10.2 Å². The maximum Gasteiger partial charge on any atom is 0.279 e. The molecule has 0 saturated heterocycles. The quantitative estimate of drug-likeness (QED) is 0.533. The highest BCUT2D eigenvalue weighted by atomic mass is 16.6. The summed E-state index contributed by atoms with van der Waals surface area (Å²) in [6.45, 7) is 1.96. The number of benzene rings is 1. The summed E-state index contributed by atoms with van der Waals surface area (Å²) in [6, 6.07) is 2.98. The van der Waals surface area contributed by atoms with Crippen molar-refractivity contribution in [2.75, 3.05) is 7.11 Å².